The van der Waals surface area contributed by atoms with Crippen molar-refractivity contribution < 1.29 is 17.7 Å². The van der Waals surface area contributed by atoms with Gasteiger partial charge in [0, 0.05) is 11.7 Å². The van der Waals surface area contributed by atoms with Crippen LogP contribution in [0.25, 0.3) is 0 Å². The Morgan fingerprint density at radius 1 is 1.36 bits per heavy atom. The van der Waals surface area contributed by atoms with Gasteiger partial charge in [0.05, 0.1) is 6.54 Å². The predicted molar refractivity (Wildman–Crippen MR) is 92.9 cm³/mol. The Labute approximate surface area is 147 Å². The number of sulfonamides is 1. The summed E-state index contributed by atoms with van der Waals surface area (Å²) in [5.41, 5.74) is 2.22. The van der Waals surface area contributed by atoms with E-state index in [0.717, 1.165) is 24.1 Å². The highest BCUT2D eigenvalue weighted by molar-refractivity contribution is 7.89. The van der Waals surface area contributed by atoms with Crippen LogP contribution in [-0.2, 0) is 21.2 Å². The van der Waals surface area contributed by atoms with Gasteiger partial charge in [0.2, 0.25) is 15.9 Å². The van der Waals surface area contributed by atoms with E-state index in [4.69, 9.17) is 4.52 Å². The summed E-state index contributed by atoms with van der Waals surface area (Å²) in [5.74, 6) is -0.0795. The van der Waals surface area contributed by atoms with Gasteiger partial charge in [-0.15, -0.1) is 0 Å². The number of amides is 1. The maximum Gasteiger partial charge on any atom is 0.246 e. The zero-order valence-corrected chi connectivity index (χ0v) is 15.3. The van der Waals surface area contributed by atoms with Crippen LogP contribution in [0.1, 0.15) is 30.4 Å². The summed E-state index contributed by atoms with van der Waals surface area (Å²) >= 11 is 0. The standard InChI is InChI=1S/C17H21N3O4S/c1-11-8-9-14-6-4-5-7-15(14)20(11)16(21)10-18-25(22,23)17-12(2)19-24-13(17)3/h4-7,11,18H,8-10H2,1-3H3/t11-/m1/s1. The van der Waals surface area contributed by atoms with Gasteiger partial charge in [0.25, 0.3) is 0 Å². The molecule has 0 bridgehead atoms. The molecule has 1 atom stereocenters. The Hall–Kier alpha value is -2.19. The number of para-hydroxylation sites is 1. The quantitative estimate of drug-likeness (QED) is 0.896. The summed E-state index contributed by atoms with van der Waals surface area (Å²) in [4.78, 5) is 14.4. The number of rotatable bonds is 4. The Balaban J connectivity index is 1.79. The minimum atomic E-state index is -3.86. The van der Waals surface area contributed by atoms with Crippen molar-refractivity contribution in [3.8, 4) is 0 Å². The highest BCUT2D eigenvalue weighted by Crippen LogP contribution is 2.30. The number of aromatic nitrogens is 1. The van der Waals surface area contributed by atoms with E-state index in [1.165, 1.54) is 6.92 Å². The average Bonchev–Trinajstić information content (AvgIpc) is 2.92. The van der Waals surface area contributed by atoms with E-state index in [1.807, 2.05) is 31.2 Å². The lowest BCUT2D eigenvalue weighted by Crippen LogP contribution is -2.47. The van der Waals surface area contributed by atoms with Crippen molar-refractivity contribution in [3.05, 3.63) is 41.3 Å². The van der Waals surface area contributed by atoms with Crippen LogP contribution in [0.5, 0.6) is 0 Å². The Kier molecular flexibility index (Phi) is 4.66. The minimum absolute atomic E-state index is 0.00704. The summed E-state index contributed by atoms with van der Waals surface area (Å²) in [6, 6.07) is 7.73. The predicted octanol–water partition coefficient (Wildman–Crippen LogP) is 1.94. The molecule has 7 nitrogen and oxygen atoms in total. The van der Waals surface area contributed by atoms with Crippen LogP contribution >= 0.6 is 0 Å². The van der Waals surface area contributed by atoms with Crippen LogP contribution in [0.15, 0.2) is 33.7 Å². The normalized spacial score (nSPS) is 17.4. The molecular formula is C17H21N3O4S. The minimum Gasteiger partial charge on any atom is -0.360 e. The third-order valence-corrected chi connectivity index (χ3v) is 6.09. The number of nitrogens with zero attached hydrogens (tertiary/aromatic N) is 2. The van der Waals surface area contributed by atoms with Gasteiger partial charge in [-0.25, -0.2) is 13.1 Å². The SMILES string of the molecule is Cc1noc(C)c1S(=O)(=O)NCC(=O)N1c2ccccc2CC[C@H]1C. The number of nitrogens with one attached hydrogen (secondary N) is 1. The van der Waals surface area contributed by atoms with Gasteiger partial charge >= 0.3 is 0 Å². The van der Waals surface area contributed by atoms with Crippen molar-refractivity contribution in [2.24, 2.45) is 0 Å². The van der Waals surface area contributed by atoms with E-state index in [2.05, 4.69) is 9.88 Å². The lowest BCUT2D eigenvalue weighted by atomic mass is 9.96. The molecule has 2 heterocycles. The molecule has 0 saturated carbocycles. The smallest absolute Gasteiger partial charge is 0.246 e. The van der Waals surface area contributed by atoms with Gasteiger partial charge in [-0.3, -0.25) is 4.79 Å². The molecule has 3 rings (SSSR count). The molecular weight excluding hydrogens is 342 g/mol. The molecule has 2 aromatic rings. The van der Waals surface area contributed by atoms with Gasteiger partial charge < -0.3 is 9.42 Å². The molecule has 1 aromatic carbocycles. The largest absolute Gasteiger partial charge is 0.360 e. The van der Waals surface area contributed by atoms with E-state index in [-0.39, 0.29) is 34.8 Å². The van der Waals surface area contributed by atoms with Gasteiger partial charge in [0.1, 0.15) is 10.6 Å². The Morgan fingerprint density at radius 2 is 2.08 bits per heavy atom. The van der Waals surface area contributed by atoms with Crippen molar-refractivity contribution in [1.29, 1.82) is 0 Å². The molecule has 1 aliphatic rings. The molecule has 0 spiro atoms. The van der Waals surface area contributed by atoms with Gasteiger partial charge in [-0.1, -0.05) is 23.4 Å². The number of fused-ring (bicyclic) bond motifs is 1. The number of hydrogen-bond acceptors (Lipinski definition) is 5. The zero-order chi connectivity index (χ0) is 18.2. The van der Waals surface area contributed by atoms with Crippen molar-refractivity contribution in [1.82, 2.24) is 9.88 Å². The van der Waals surface area contributed by atoms with E-state index in [0.29, 0.717) is 0 Å². The fourth-order valence-electron chi connectivity index (χ4n) is 3.24. The highest BCUT2D eigenvalue weighted by atomic mass is 32.2. The highest BCUT2D eigenvalue weighted by Gasteiger charge is 2.30. The maximum atomic E-state index is 12.7. The topological polar surface area (TPSA) is 92.5 Å². The molecule has 0 fully saturated rings. The van der Waals surface area contributed by atoms with Crippen molar-refractivity contribution in [2.45, 2.75) is 44.6 Å². The van der Waals surface area contributed by atoms with E-state index < -0.39 is 10.0 Å². The molecule has 8 heteroatoms. The molecule has 0 aliphatic carbocycles. The number of carbonyl (C=O) groups excluding carboxylic acids is 1. The average molecular weight is 363 g/mol. The molecule has 1 aliphatic heterocycles. The number of hydrogen-bond donors (Lipinski definition) is 1. The molecule has 0 saturated heterocycles. The first-order valence-electron chi connectivity index (χ1n) is 8.14. The summed E-state index contributed by atoms with van der Waals surface area (Å²) in [6.45, 7) is 4.73. The van der Waals surface area contributed by atoms with Gasteiger partial charge in [-0.05, 0) is 45.2 Å². The second-order valence-corrected chi connectivity index (χ2v) is 7.96. The first-order chi connectivity index (χ1) is 11.8. The van der Waals surface area contributed by atoms with Crippen LogP contribution in [0, 0.1) is 13.8 Å². The third kappa shape index (κ3) is 3.32. The first kappa shape index (κ1) is 17.6. The molecule has 134 valence electrons. The third-order valence-electron chi connectivity index (χ3n) is 4.44. The number of benzene rings is 1. The molecule has 25 heavy (non-hydrogen) atoms. The second-order valence-electron chi connectivity index (χ2n) is 6.26. The van der Waals surface area contributed by atoms with Crippen LogP contribution in [0.3, 0.4) is 0 Å². The lowest BCUT2D eigenvalue weighted by Gasteiger charge is -2.35. The monoisotopic (exact) mass is 363 g/mol. The second kappa shape index (κ2) is 6.61. The van der Waals surface area contributed by atoms with Gasteiger partial charge in [-0.2, -0.15) is 0 Å². The van der Waals surface area contributed by atoms with Crippen molar-refractivity contribution >= 4 is 21.6 Å². The molecule has 1 N–H and O–H groups in total. The van der Waals surface area contributed by atoms with Crippen molar-refractivity contribution in [3.63, 3.8) is 0 Å². The lowest BCUT2D eigenvalue weighted by molar-refractivity contribution is -0.118. The summed E-state index contributed by atoms with van der Waals surface area (Å²) in [6.07, 6.45) is 1.76. The van der Waals surface area contributed by atoms with Crippen LogP contribution in [0.2, 0.25) is 0 Å². The number of carbonyl (C=O) groups is 1. The van der Waals surface area contributed by atoms with E-state index in [9.17, 15) is 13.2 Å². The van der Waals surface area contributed by atoms with E-state index >= 15 is 0 Å². The Morgan fingerprint density at radius 3 is 2.76 bits per heavy atom. The molecule has 1 aromatic heterocycles. The fourth-order valence-corrected chi connectivity index (χ4v) is 4.54. The molecule has 0 radical (unpaired) electrons. The van der Waals surface area contributed by atoms with Crippen LogP contribution < -0.4 is 9.62 Å². The van der Waals surface area contributed by atoms with Crippen LogP contribution in [-0.4, -0.2) is 32.1 Å². The number of aryl methyl sites for hydroxylation is 3. The van der Waals surface area contributed by atoms with Gasteiger partial charge in [0.15, 0.2) is 5.76 Å². The summed E-state index contributed by atoms with van der Waals surface area (Å²) < 4.78 is 32.2. The van der Waals surface area contributed by atoms with Crippen molar-refractivity contribution in [2.75, 3.05) is 11.4 Å². The first-order valence-corrected chi connectivity index (χ1v) is 9.62. The Bertz CT molecular complexity index is 885. The number of anilines is 1. The fraction of sp³-hybridized carbons (Fsp3) is 0.412. The zero-order valence-electron chi connectivity index (χ0n) is 14.4. The maximum absolute atomic E-state index is 12.7. The van der Waals surface area contributed by atoms with Crippen LogP contribution in [0.4, 0.5) is 5.69 Å². The molecule has 1 amide bonds. The molecule has 0 unspecified atom stereocenters. The van der Waals surface area contributed by atoms with E-state index in [1.54, 1.807) is 11.8 Å². The summed E-state index contributed by atoms with van der Waals surface area (Å²) in [7, 11) is -3.86. The summed E-state index contributed by atoms with van der Waals surface area (Å²) in [5, 5.41) is 3.65.